The van der Waals surface area contributed by atoms with Crippen LogP contribution < -0.4 is 36.9 Å². The molecule has 0 spiro atoms. The Hall–Kier alpha value is -4.06. The smallest absolute Gasteiger partial charge is 0.233 e. The first-order chi connectivity index (χ1) is 19.8. The molecule has 2 aromatic rings. The first-order valence-corrected chi connectivity index (χ1v) is 13.8. The van der Waals surface area contributed by atoms with Crippen molar-refractivity contribution in [3.05, 3.63) is 79.0 Å². The fourth-order valence-corrected chi connectivity index (χ4v) is 7.41. The molecular formula is C31H28O11. The van der Waals surface area contributed by atoms with Crippen LogP contribution in [0.4, 0.5) is 0 Å². The first kappa shape index (κ1) is 26.8. The number of methoxy groups -OCH3 is 1. The highest BCUT2D eigenvalue weighted by atomic mass is 16.5. The summed E-state index contributed by atoms with van der Waals surface area (Å²) < 4.78 is 23.1. The van der Waals surface area contributed by atoms with Crippen LogP contribution in [0.25, 0.3) is 33.5 Å². The van der Waals surface area contributed by atoms with Crippen LogP contribution in [-0.2, 0) is 15.9 Å². The van der Waals surface area contributed by atoms with Crippen molar-refractivity contribution in [2.75, 3.05) is 7.11 Å². The molecular weight excluding hydrogens is 548 g/mol. The van der Waals surface area contributed by atoms with Crippen LogP contribution in [0.5, 0.6) is 5.75 Å². The number of aliphatic hydroxyl groups is 3. The van der Waals surface area contributed by atoms with E-state index < -0.39 is 67.2 Å². The SMILES string of the molecule is COc1cc2c(c3oc4c(=O)c5c(=O)c6c(c(=O)c=5c(=O)c4c13)[C@@H](C)O[C@@H](C)C6)=C(O)[C@@]1(O)[C@H](C[C@H](C)O[C@@H]1C)C=2O. The molecule has 3 heterocycles. The average molecular weight is 577 g/mol. The second kappa shape index (κ2) is 8.50. The number of aliphatic hydroxyl groups excluding tert-OH is 2. The Morgan fingerprint density at radius 1 is 0.857 bits per heavy atom. The number of furan rings is 1. The second-order valence-corrected chi connectivity index (χ2v) is 11.7. The van der Waals surface area contributed by atoms with Crippen LogP contribution in [0.1, 0.15) is 51.3 Å². The molecule has 0 amide bonds. The zero-order valence-electron chi connectivity index (χ0n) is 23.5. The van der Waals surface area contributed by atoms with E-state index in [1.54, 1.807) is 27.7 Å². The van der Waals surface area contributed by atoms with Gasteiger partial charge in [-0.05, 0) is 40.2 Å². The van der Waals surface area contributed by atoms with E-state index in [0.717, 1.165) is 0 Å². The van der Waals surface area contributed by atoms with E-state index in [1.807, 2.05) is 0 Å². The molecule has 1 saturated heterocycles. The van der Waals surface area contributed by atoms with Gasteiger partial charge < -0.3 is 33.9 Å². The number of benzene rings is 1. The second-order valence-electron chi connectivity index (χ2n) is 11.7. The lowest BCUT2D eigenvalue weighted by atomic mass is 9.71. The number of ether oxygens (including phenoxy) is 3. The monoisotopic (exact) mass is 576 g/mol. The zero-order valence-corrected chi connectivity index (χ0v) is 23.5. The van der Waals surface area contributed by atoms with E-state index >= 15 is 0 Å². The lowest BCUT2D eigenvalue weighted by Crippen LogP contribution is -2.61. The lowest BCUT2D eigenvalue weighted by Gasteiger charge is -2.47. The highest BCUT2D eigenvalue weighted by Crippen LogP contribution is 2.44. The van der Waals surface area contributed by atoms with Crippen molar-refractivity contribution >= 4 is 33.5 Å². The van der Waals surface area contributed by atoms with Crippen LogP contribution in [0.3, 0.4) is 0 Å². The first-order valence-electron chi connectivity index (χ1n) is 13.8. The predicted molar refractivity (Wildman–Crippen MR) is 150 cm³/mol. The number of rotatable bonds is 1. The highest BCUT2D eigenvalue weighted by molar-refractivity contribution is 6.08. The van der Waals surface area contributed by atoms with E-state index in [1.165, 1.54) is 13.2 Å². The molecule has 3 aliphatic carbocycles. The van der Waals surface area contributed by atoms with Crippen molar-refractivity contribution in [2.45, 2.75) is 70.6 Å². The maximum absolute atomic E-state index is 14.1. The van der Waals surface area contributed by atoms with Gasteiger partial charge in [-0.3, -0.25) is 19.2 Å². The minimum absolute atomic E-state index is 0.0228. The molecule has 3 N–H and O–H groups in total. The van der Waals surface area contributed by atoms with Gasteiger partial charge in [-0.15, -0.1) is 0 Å². The molecule has 42 heavy (non-hydrogen) atoms. The van der Waals surface area contributed by atoms with Crippen molar-refractivity contribution in [1.82, 2.24) is 0 Å². The van der Waals surface area contributed by atoms with E-state index in [0.29, 0.717) is 0 Å². The third-order valence-electron chi connectivity index (χ3n) is 9.29. The van der Waals surface area contributed by atoms with Crippen LogP contribution in [0.15, 0.2) is 29.7 Å². The Balaban J connectivity index is 1.74. The van der Waals surface area contributed by atoms with Gasteiger partial charge in [0.25, 0.3) is 0 Å². The molecule has 0 bridgehead atoms. The van der Waals surface area contributed by atoms with E-state index in [4.69, 9.17) is 18.6 Å². The fraction of sp³-hybridized carbons (Fsp3) is 0.419. The van der Waals surface area contributed by atoms with Gasteiger partial charge in [0.2, 0.25) is 10.9 Å². The average Bonchev–Trinajstić information content (AvgIpc) is 3.34. The Kier molecular flexibility index (Phi) is 5.42. The van der Waals surface area contributed by atoms with Crippen LogP contribution in [-0.4, -0.2) is 46.3 Å². The molecule has 2 aliphatic heterocycles. The summed E-state index contributed by atoms with van der Waals surface area (Å²) in [7, 11) is 1.31. The number of fused-ring (bicyclic) bond motifs is 7. The van der Waals surface area contributed by atoms with Gasteiger partial charge in [0.15, 0.2) is 27.6 Å². The molecule has 0 unspecified atom stereocenters. The van der Waals surface area contributed by atoms with E-state index in [2.05, 4.69) is 0 Å². The van der Waals surface area contributed by atoms with Crippen molar-refractivity contribution in [3.63, 3.8) is 0 Å². The summed E-state index contributed by atoms with van der Waals surface area (Å²) >= 11 is 0. The summed E-state index contributed by atoms with van der Waals surface area (Å²) in [5.74, 6) is -1.72. The molecule has 5 aliphatic rings. The quantitative estimate of drug-likeness (QED) is 0.289. The maximum atomic E-state index is 14.1. The summed E-state index contributed by atoms with van der Waals surface area (Å²) in [5.41, 5.74) is -5.91. The molecule has 218 valence electrons. The Labute approximate surface area is 235 Å². The highest BCUT2D eigenvalue weighted by Gasteiger charge is 2.55. The molecule has 1 aromatic carbocycles. The summed E-state index contributed by atoms with van der Waals surface area (Å²) in [4.78, 5) is 55.3. The minimum Gasteiger partial charge on any atom is -0.511 e. The normalized spacial score (nSPS) is 29.1. The van der Waals surface area contributed by atoms with Crippen LogP contribution in [0, 0.1) is 16.4 Å². The zero-order chi connectivity index (χ0) is 30.2. The molecule has 6 atom stereocenters. The van der Waals surface area contributed by atoms with Crippen LogP contribution in [0.2, 0.25) is 0 Å². The van der Waals surface area contributed by atoms with Crippen molar-refractivity contribution in [3.8, 4) is 5.75 Å². The summed E-state index contributed by atoms with van der Waals surface area (Å²) in [6.45, 7) is 6.71. The van der Waals surface area contributed by atoms with Gasteiger partial charge in [-0.25, -0.2) is 0 Å². The van der Waals surface area contributed by atoms with Gasteiger partial charge in [0, 0.05) is 22.8 Å². The van der Waals surface area contributed by atoms with E-state index in [9.17, 15) is 34.5 Å². The molecule has 0 saturated carbocycles. The van der Waals surface area contributed by atoms with Crippen LogP contribution >= 0.6 is 0 Å². The Morgan fingerprint density at radius 2 is 1.55 bits per heavy atom. The molecule has 11 heteroatoms. The summed E-state index contributed by atoms with van der Waals surface area (Å²) in [5, 5.41) is 33.2. The number of hydrogen-bond acceptors (Lipinski definition) is 11. The summed E-state index contributed by atoms with van der Waals surface area (Å²) in [6, 6.07) is 1.39. The van der Waals surface area contributed by atoms with Crippen molar-refractivity contribution in [2.24, 2.45) is 5.92 Å². The fourth-order valence-electron chi connectivity index (χ4n) is 7.41. The largest absolute Gasteiger partial charge is 0.511 e. The van der Waals surface area contributed by atoms with Crippen molar-refractivity contribution in [1.29, 1.82) is 0 Å². The molecule has 11 nitrogen and oxygen atoms in total. The standard InChI is InChI=1S/C31H28O11/c1-9-6-13-17(11(3)40-9)25(34)21-20(24(13)33)27(36)29-22(26(21)35)19-16(39-5)8-14-18(28(19)42-29)30(37)31(38)12(4)41-10(2)7-15(31)23(14)32/h8-12,15,32,37-38H,6-7H2,1-5H3/t9-,10-,11+,12+,15+,31-/m0/s1. The summed E-state index contributed by atoms with van der Waals surface area (Å²) in [6.07, 6.45) is -2.12. The molecule has 1 fully saturated rings. The van der Waals surface area contributed by atoms with Gasteiger partial charge >= 0.3 is 0 Å². The lowest BCUT2D eigenvalue weighted by molar-refractivity contribution is -0.166. The maximum Gasteiger partial charge on any atom is 0.233 e. The predicted octanol–water partition coefficient (Wildman–Crippen LogP) is 0.549. The van der Waals surface area contributed by atoms with Gasteiger partial charge in [-0.1, -0.05) is 0 Å². The van der Waals surface area contributed by atoms with Gasteiger partial charge in [-0.2, -0.15) is 0 Å². The number of hydrogen-bond donors (Lipinski definition) is 3. The Bertz CT molecular complexity index is 2290. The molecule has 7 rings (SSSR count). The third kappa shape index (κ3) is 3.05. The minimum atomic E-state index is -2.05. The molecule has 0 radical (unpaired) electrons. The van der Waals surface area contributed by atoms with E-state index in [-0.39, 0.29) is 74.5 Å². The van der Waals surface area contributed by atoms with Crippen molar-refractivity contribution < 1.29 is 33.9 Å². The third-order valence-corrected chi connectivity index (χ3v) is 9.29. The molecule has 1 aromatic heterocycles. The topological polar surface area (TPSA) is 170 Å². The van der Waals surface area contributed by atoms with Gasteiger partial charge in [0.05, 0.1) is 63.9 Å². The van der Waals surface area contributed by atoms with Gasteiger partial charge in [0.1, 0.15) is 17.3 Å². The Morgan fingerprint density at radius 3 is 2.24 bits per heavy atom.